The first-order valence-corrected chi connectivity index (χ1v) is 8.85. The van der Waals surface area contributed by atoms with Gasteiger partial charge in [-0.2, -0.15) is 0 Å². The number of aliphatic imine (C=N–C) groups is 1. The number of halogens is 2. The third-order valence-electron chi connectivity index (χ3n) is 4.32. The van der Waals surface area contributed by atoms with Gasteiger partial charge in [0.25, 0.3) is 0 Å². The number of guanidine groups is 1. The van der Waals surface area contributed by atoms with Gasteiger partial charge in [-0.1, -0.05) is 35.9 Å². The van der Waals surface area contributed by atoms with E-state index in [0.717, 1.165) is 11.4 Å². The van der Waals surface area contributed by atoms with Crippen LogP contribution in [0, 0.1) is 19.7 Å². The van der Waals surface area contributed by atoms with E-state index in [1.54, 1.807) is 30.1 Å². The summed E-state index contributed by atoms with van der Waals surface area (Å²) in [6.07, 6.45) is 3.41. The molecule has 3 aromatic rings. The number of aromatic nitrogens is 2. The van der Waals surface area contributed by atoms with Gasteiger partial charge in [-0.25, -0.2) is 9.37 Å². The number of nitrogens with zero attached hydrogens (tertiary/aromatic N) is 3. The monoisotopic (exact) mass is 493 g/mol. The van der Waals surface area contributed by atoms with Crippen LogP contribution in [0.15, 0.2) is 59.9 Å². The van der Waals surface area contributed by atoms with Gasteiger partial charge in [0.2, 0.25) is 0 Å². The van der Waals surface area contributed by atoms with Crippen molar-refractivity contribution in [2.45, 2.75) is 26.9 Å². The first-order chi connectivity index (χ1) is 13.1. The fourth-order valence-corrected chi connectivity index (χ4v) is 2.90. The van der Waals surface area contributed by atoms with Crippen LogP contribution in [0.2, 0.25) is 0 Å². The van der Waals surface area contributed by atoms with Crippen molar-refractivity contribution in [3.8, 4) is 5.69 Å². The molecule has 2 N–H and O–H groups in total. The fraction of sp³-hybridized carbons (Fsp3) is 0.238. The molecule has 0 unspecified atom stereocenters. The van der Waals surface area contributed by atoms with Crippen LogP contribution in [0.25, 0.3) is 5.69 Å². The molecule has 1 aromatic heterocycles. The van der Waals surface area contributed by atoms with Crippen molar-refractivity contribution < 1.29 is 4.39 Å². The Morgan fingerprint density at radius 2 is 1.79 bits per heavy atom. The lowest BCUT2D eigenvalue weighted by molar-refractivity contribution is 0.613. The molecular formula is C21H25FIN5. The van der Waals surface area contributed by atoms with Gasteiger partial charge in [-0.3, -0.25) is 4.99 Å². The molecule has 1 heterocycles. The zero-order chi connectivity index (χ0) is 19.2. The maximum atomic E-state index is 14.5. The number of imidazole rings is 1. The van der Waals surface area contributed by atoms with Crippen LogP contribution in [-0.4, -0.2) is 22.6 Å². The largest absolute Gasteiger partial charge is 0.352 e. The Labute approximate surface area is 182 Å². The maximum Gasteiger partial charge on any atom is 0.191 e. The van der Waals surface area contributed by atoms with E-state index >= 15 is 0 Å². The lowest BCUT2D eigenvalue weighted by Gasteiger charge is -2.13. The lowest BCUT2D eigenvalue weighted by atomic mass is 10.1. The summed E-state index contributed by atoms with van der Waals surface area (Å²) in [6, 6.07) is 13.5. The predicted octanol–water partition coefficient (Wildman–Crippen LogP) is 4.11. The summed E-state index contributed by atoms with van der Waals surface area (Å²) in [5.74, 6) is 1.14. The second kappa shape index (κ2) is 10.2. The summed E-state index contributed by atoms with van der Waals surface area (Å²) >= 11 is 0. The molecule has 148 valence electrons. The Kier molecular flexibility index (Phi) is 7.98. The molecule has 0 aliphatic rings. The van der Waals surface area contributed by atoms with Gasteiger partial charge in [0, 0.05) is 32.5 Å². The van der Waals surface area contributed by atoms with Crippen LogP contribution in [-0.2, 0) is 13.1 Å². The van der Waals surface area contributed by atoms with Gasteiger partial charge in [-0.05, 0) is 37.1 Å². The maximum absolute atomic E-state index is 14.5. The van der Waals surface area contributed by atoms with Crippen molar-refractivity contribution in [2.75, 3.05) is 7.05 Å². The van der Waals surface area contributed by atoms with Gasteiger partial charge in [0.05, 0.1) is 5.69 Å². The number of hydrogen-bond donors (Lipinski definition) is 2. The second-order valence-corrected chi connectivity index (χ2v) is 6.40. The Morgan fingerprint density at radius 1 is 1.07 bits per heavy atom. The van der Waals surface area contributed by atoms with Gasteiger partial charge in [0.1, 0.15) is 11.6 Å². The molecule has 5 nitrogen and oxygen atoms in total. The quantitative estimate of drug-likeness (QED) is 0.320. The number of aryl methyl sites for hydroxylation is 2. The van der Waals surface area contributed by atoms with Crippen molar-refractivity contribution in [3.05, 3.63) is 83.2 Å². The van der Waals surface area contributed by atoms with E-state index in [-0.39, 0.29) is 29.8 Å². The van der Waals surface area contributed by atoms with Gasteiger partial charge < -0.3 is 15.2 Å². The van der Waals surface area contributed by atoms with Crippen molar-refractivity contribution >= 4 is 29.9 Å². The summed E-state index contributed by atoms with van der Waals surface area (Å²) in [5.41, 5.74) is 3.74. The smallest absolute Gasteiger partial charge is 0.191 e. The average Bonchev–Trinajstić information content (AvgIpc) is 3.08. The zero-order valence-corrected chi connectivity index (χ0v) is 18.6. The van der Waals surface area contributed by atoms with E-state index < -0.39 is 0 Å². The van der Waals surface area contributed by atoms with E-state index in [2.05, 4.69) is 45.7 Å². The van der Waals surface area contributed by atoms with Crippen molar-refractivity contribution in [1.29, 1.82) is 0 Å². The average molecular weight is 493 g/mol. The molecule has 0 fully saturated rings. The van der Waals surface area contributed by atoms with Crippen LogP contribution >= 0.6 is 24.0 Å². The highest BCUT2D eigenvalue weighted by Crippen LogP contribution is 2.16. The Hall–Kier alpha value is -2.42. The predicted molar refractivity (Wildman–Crippen MR) is 122 cm³/mol. The molecule has 0 radical (unpaired) electrons. The van der Waals surface area contributed by atoms with Crippen LogP contribution < -0.4 is 10.6 Å². The molecule has 0 spiro atoms. The van der Waals surface area contributed by atoms with Crippen LogP contribution in [0.3, 0.4) is 0 Å². The van der Waals surface area contributed by atoms with Crippen LogP contribution in [0.5, 0.6) is 0 Å². The van der Waals surface area contributed by atoms with E-state index in [0.29, 0.717) is 24.7 Å². The number of benzene rings is 2. The molecule has 0 saturated heterocycles. The Morgan fingerprint density at radius 3 is 2.36 bits per heavy atom. The molecule has 2 aromatic carbocycles. The summed E-state index contributed by atoms with van der Waals surface area (Å²) in [4.78, 5) is 8.36. The van der Waals surface area contributed by atoms with E-state index in [1.807, 2.05) is 19.1 Å². The van der Waals surface area contributed by atoms with Gasteiger partial charge in [-0.15, -0.1) is 24.0 Å². The molecule has 0 atom stereocenters. The molecule has 0 saturated carbocycles. The molecule has 3 rings (SSSR count). The van der Waals surface area contributed by atoms with E-state index in [1.165, 1.54) is 17.2 Å². The minimum Gasteiger partial charge on any atom is -0.352 e. The van der Waals surface area contributed by atoms with E-state index in [4.69, 9.17) is 0 Å². The minimum absolute atomic E-state index is 0. The van der Waals surface area contributed by atoms with E-state index in [9.17, 15) is 4.39 Å². The minimum atomic E-state index is -0.280. The van der Waals surface area contributed by atoms with Crippen LogP contribution in [0.1, 0.15) is 22.5 Å². The Bertz CT molecular complexity index is 951. The number of hydrogen-bond acceptors (Lipinski definition) is 2. The molecular weight excluding hydrogens is 468 g/mol. The standard InChI is InChI=1S/C21H24FN5.HI/c1-15-5-4-6-17(11-15)13-25-21(23-3)26-14-18-7-8-20(19(22)12-18)27-10-9-24-16(27)2;/h4-12H,13-14H2,1-3H3,(H2,23,25,26);1H. The molecule has 0 aliphatic carbocycles. The molecule has 0 aliphatic heterocycles. The summed E-state index contributed by atoms with van der Waals surface area (Å²) in [5, 5.41) is 6.49. The van der Waals surface area contributed by atoms with Gasteiger partial charge in [0.15, 0.2) is 5.96 Å². The number of nitrogens with one attached hydrogen (secondary N) is 2. The molecule has 0 bridgehead atoms. The lowest BCUT2D eigenvalue weighted by Crippen LogP contribution is -2.36. The SMILES string of the molecule is CN=C(NCc1cccc(C)c1)NCc1ccc(-n2ccnc2C)c(F)c1.I. The summed E-state index contributed by atoms with van der Waals surface area (Å²) < 4.78 is 16.2. The van der Waals surface area contributed by atoms with Gasteiger partial charge >= 0.3 is 0 Å². The van der Waals surface area contributed by atoms with Crippen LogP contribution in [0.4, 0.5) is 4.39 Å². The first-order valence-electron chi connectivity index (χ1n) is 8.85. The normalized spacial score (nSPS) is 11.1. The third-order valence-corrected chi connectivity index (χ3v) is 4.32. The summed E-state index contributed by atoms with van der Waals surface area (Å²) in [7, 11) is 1.72. The van der Waals surface area contributed by atoms with Crippen molar-refractivity contribution in [3.63, 3.8) is 0 Å². The van der Waals surface area contributed by atoms with Crippen molar-refractivity contribution in [2.24, 2.45) is 4.99 Å². The third kappa shape index (κ3) is 5.54. The second-order valence-electron chi connectivity index (χ2n) is 6.40. The fourth-order valence-electron chi connectivity index (χ4n) is 2.90. The highest BCUT2D eigenvalue weighted by molar-refractivity contribution is 14.0. The molecule has 0 amide bonds. The highest BCUT2D eigenvalue weighted by Gasteiger charge is 2.08. The van der Waals surface area contributed by atoms with Crippen molar-refractivity contribution in [1.82, 2.24) is 20.2 Å². The number of rotatable bonds is 5. The topological polar surface area (TPSA) is 54.2 Å². The summed E-state index contributed by atoms with van der Waals surface area (Å²) in [6.45, 7) is 5.07. The molecule has 7 heteroatoms. The zero-order valence-electron chi connectivity index (χ0n) is 16.2. The first kappa shape index (κ1) is 21.9. The highest BCUT2D eigenvalue weighted by atomic mass is 127. The molecule has 28 heavy (non-hydrogen) atoms. The Balaban J connectivity index is 0.00000280.